The molecule has 4 nitrogen and oxygen atoms in total. The molecule has 2 aliphatic rings. The van der Waals surface area contributed by atoms with Crippen LogP contribution in [0.15, 0.2) is 48.5 Å². The summed E-state index contributed by atoms with van der Waals surface area (Å²) in [7, 11) is 0. The predicted molar refractivity (Wildman–Crippen MR) is 117 cm³/mol. The lowest BCUT2D eigenvalue weighted by Crippen LogP contribution is -2.39. The minimum atomic E-state index is -0.120. The zero-order valence-electron chi connectivity index (χ0n) is 14.9. The first kappa shape index (κ1) is 20.0. The van der Waals surface area contributed by atoms with Gasteiger partial charge in [-0.05, 0) is 12.1 Å². The molecule has 0 aliphatic carbocycles. The molecule has 2 atom stereocenters. The second-order valence-corrected chi connectivity index (χ2v) is 9.50. The van der Waals surface area contributed by atoms with Crippen LogP contribution in [-0.4, -0.2) is 46.2 Å². The Labute approximate surface area is 182 Å². The first-order valence-corrected chi connectivity index (χ1v) is 11.7. The van der Waals surface area contributed by atoms with Crippen LogP contribution in [0.5, 0.6) is 0 Å². The predicted octanol–water partition coefficient (Wildman–Crippen LogP) is 4.84. The molecule has 4 rings (SSSR count). The summed E-state index contributed by atoms with van der Waals surface area (Å²) in [4.78, 5) is 28.6. The molecule has 2 aliphatic heterocycles. The molecular weight excluding hydrogens is 435 g/mol. The molecule has 0 spiro atoms. The number of rotatable bonds is 5. The van der Waals surface area contributed by atoms with Gasteiger partial charge in [0.1, 0.15) is 10.7 Å². The smallest absolute Gasteiger partial charge is 0.233 e. The second-order valence-electron chi connectivity index (χ2n) is 6.54. The van der Waals surface area contributed by atoms with Gasteiger partial charge in [0.15, 0.2) is 0 Å². The van der Waals surface area contributed by atoms with E-state index in [0.29, 0.717) is 34.6 Å². The van der Waals surface area contributed by atoms with Crippen LogP contribution in [0, 0.1) is 0 Å². The Hall–Kier alpha value is -1.34. The van der Waals surface area contributed by atoms with Gasteiger partial charge in [0.25, 0.3) is 0 Å². The third kappa shape index (κ3) is 3.88. The van der Waals surface area contributed by atoms with Crippen LogP contribution >= 0.6 is 46.7 Å². The number of amides is 2. The number of nitrogens with zero attached hydrogens (tertiary/aromatic N) is 2. The van der Waals surface area contributed by atoms with Gasteiger partial charge in [0, 0.05) is 34.3 Å². The monoisotopic (exact) mass is 452 g/mol. The minimum absolute atomic E-state index is 0.0727. The molecule has 0 bridgehead atoms. The van der Waals surface area contributed by atoms with Crippen molar-refractivity contribution in [3.05, 3.63) is 69.7 Å². The second kappa shape index (κ2) is 8.57. The van der Waals surface area contributed by atoms with Crippen LogP contribution in [0.25, 0.3) is 0 Å². The van der Waals surface area contributed by atoms with Gasteiger partial charge in [0.05, 0.1) is 11.5 Å². The first-order chi connectivity index (χ1) is 13.6. The zero-order chi connectivity index (χ0) is 19.7. The molecule has 2 fully saturated rings. The third-order valence-corrected chi connectivity index (χ3v) is 8.02. The molecule has 0 saturated carbocycles. The van der Waals surface area contributed by atoms with Gasteiger partial charge in [-0.25, -0.2) is 0 Å². The van der Waals surface area contributed by atoms with Gasteiger partial charge in [-0.1, -0.05) is 59.6 Å². The van der Waals surface area contributed by atoms with Crippen LogP contribution < -0.4 is 0 Å². The Morgan fingerprint density at radius 2 is 1.14 bits per heavy atom. The number of hydrogen-bond acceptors (Lipinski definition) is 4. The molecular formula is C20H18Cl2N2O2S2. The fourth-order valence-electron chi connectivity index (χ4n) is 3.47. The van der Waals surface area contributed by atoms with Crippen LogP contribution in [0.1, 0.15) is 21.9 Å². The highest BCUT2D eigenvalue weighted by molar-refractivity contribution is 8.00. The average molecular weight is 453 g/mol. The van der Waals surface area contributed by atoms with Crippen molar-refractivity contribution in [2.24, 2.45) is 0 Å². The highest BCUT2D eigenvalue weighted by Gasteiger charge is 2.37. The van der Waals surface area contributed by atoms with Crippen LogP contribution in [0.3, 0.4) is 0 Å². The Bertz CT molecular complexity index is 838. The number of thioether (sulfide) groups is 2. The van der Waals surface area contributed by atoms with E-state index in [2.05, 4.69) is 0 Å². The summed E-state index contributed by atoms with van der Waals surface area (Å²) < 4.78 is 0. The minimum Gasteiger partial charge on any atom is -0.324 e. The van der Waals surface area contributed by atoms with E-state index in [1.807, 2.05) is 58.3 Å². The largest absolute Gasteiger partial charge is 0.324 e. The maximum absolute atomic E-state index is 12.5. The summed E-state index contributed by atoms with van der Waals surface area (Å²) in [6.45, 7) is 0.934. The fraction of sp³-hybridized carbons (Fsp3) is 0.300. The topological polar surface area (TPSA) is 40.6 Å². The van der Waals surface area contributed by atoms with Gasteiger partial charge >= 0.3 is 0 Å². The van der Waals surface area contributed by atoms with E-state index in [4.69, 9.17) is 23.2 Å². The van der Waals surface area contributed by atoms with Crippen LogP contribution in [0.2, 0.25) is 10.0 Å². The molecule has 28 heavy (non-hydrogen) atoms. The fourth-order valence-corrected chi connectivity index (χ4v) is 6.59. The standard InChI is InChI=1S/C20H18Cl2N2O2S2/c21-15-7-3-1-5-13(15)19-23(17(25)11-27-19)9-10-24-18(26)12-28-20(24)14-6-2-4-8-16(14)22/h1-8,19-20H,9-12H2. The molecule has 2 amide bonds. The van der Waals surface area contributed by atoms with E-state index in [1.54, 1.807) is 23.5 Å². The van der Waals surface area contributed by atoms with Crippen LogP contribution in [-0.2, 0) is 9.59 Å². The zero-order valence-corrected chi connectivity index (χ0v) is 18.0. The Balaban J connectivity index is 1.52. The lowest BCUT2D eigenvalue weighted by Gasteiger charge is -2.30. The van der Waals surface area contributed by atoms with Gasteiger partial charge in [-0.2, -0.15) is 0 Å². The van der Waals surface area contributed by atoms with E-state index < -0.39 is 0 Å². The number of halogens is 2. The van der Waals surface area contributed by atoms with Crippen LogP contribution in [0.4, 0.5) is 0 Å². The van der Waals surface area contributed by atoms with E-state index in [1.165, 1.54) is 0 Å². The molecule has 0 radical (unpaired) electrons. The average Bonchev–Trinajstić information content (AvgIpc) is 3.23. The normalized spacial score (nSPS) is 22.4. The number of carbonyl (C=O) groups is 2. The first-order valence-electron chi connectivity index (χ1n) is 8.87. The third-order valence-electron chi connectivity index (χ3n) is 4.86. The molecule has 2 aromatic carbocycles. The van der Waals surface area contributed by atoms with Crippen molar-refractivity contribution in [1.82, 2.24) is 9.80 Å². The summed E-state index contributed by atoms with van der Waals surface area (Å²) in [5, 5.41) is 1.07. The maximum Gasteiger partial charge on any atom is 0.233 e. The summed E-state index contributed by atoms with van der Waals surface area (Å²) in [6.07, 6.45) is 0. The molecule has 2 aromatic rings. The van der Waals surface area contributed by atoms with Gasteiger partial charge in [-0.3, -0.25) is 9.59 Å². The number of carbonyl (C=O) groups excluding carboxylic acids is 2. The molecule has 0 N–H and O–H groups in total. The van der Waals surface area contributed by atoms with E-state index >= 15 is 0 Å². The number of benzene rings is 2. The Kier molecular flexibility index (Phi) is 6.11. The molecule has 2 saturated heterocycles. The molecule has 2 unspecified atom stereocenters. The lowest BCUT2D eigenvalue weighted by atomic mass is 10.2. The SMILES string of the molecule is O=C1CSC(c2ccccc2Cl)N1CCN1C(=O)CSC1c1ccccc1Cl. The maximum atomic E-state index is 12.5. The summed E-state index contributed by atoms with van der Waals surface area (Å²) in [5.74, 6) is 0.992. The Morgan fingerprint density at radius 3 is 1.54 bits per heavy atom. The Morgan fingerprint density at radius 1 is 0.750 bits per heavy atom. The van der Waals surface area contributed by atoms with Crippen molar-refractivity contribution < 1.29 is 9.59 Å². The van der Waals surface area contributed by atoms with Gasteiger partial charge in [-0.15, -0.1) is 23.5 Å². The van der Waals surface area contributed by atoms with Crippen molar-refractivity contribution in [3.63, 3.8) is 0 Å². The quantitative estimate of drug-likeness (QED) is 0.650. The molecule has 146 valence electrons. The van der Waals surface area contributed by atoms with Crippen molar-refractivity contribution in [2.75, 3.05) is 24.6 Å². The van der Waals surface area contributed by atoms with Crippen molar-refractivity contribution in [2.45, 2.75) is 10.7 Å². The summed E-state index contributed by atoms with van der Waals surface area (Å²) in [6, 6.07) is 15.2. The molecule has 0 aromatic heterocycles. The van der Waals surface area contributed by atoms with Gasteiger partial charge < -0.3 is 9.80 Å². The molecule has 8 heteroatoms. The van der Waals surface area contributed by atoms with E-state index in [-0.39, 0.29) is 22.6 Å². The van der Waals surface area contributed by atoms with E-state index in [0.717, 1.165) is 11.1 Å². The summed E-state index contributed by atoms with van der Waals surface area (Å²) >= 11 is 15.9. The highest BCUT2D eigenvalue weighted by Crippen LogP contribution is 2.43. The highest BCUT2D eigenvalue weighted by atomic mass is 35.5. The van der Waals surface area contributed by atoms with Gasteiger partial charge in [0.2, 0.25) is 11.8 Å². The number of hydrogen-bond donors (Lipinski definition) is 0. The van der Waals surface area contributed by atoms with Crippen molar-refractivity contribution in [3.8, 4) is 0 Å². The molecule has 2 heterocycles. The van der Waals surface area contributed by atoms with Crippen molar-refractivity contribution in [1.29, 1.82) is 0 Å². The van der Waals surface area contributed by atoms with Crippen molar-refractivity contribution >= 4 is 58.5 Å². The summed E-state index contributed by atoms with van der Waals surface area (Å²) in [5.41, 5.74) is 1.87. The van der Waals surface area contributed by atoms with E-state index in [9.17, 15) is 9.59 Å². The lowest BCUT2D eigenvalue weighted by molar-refractivity contribution is -0.132.